The lowest BCUT2D eigenvalue weighted by Gasteiger charge is -2.07. The maximum Gasteiger partial charge on any atom is 0.226 e. The van der Waals surface area contributed by atoms with Gasteiger partial charge in [-0.1, -0.05) is 23.2 Å². The van der Waals surface area contributed by atoms with Crippen molar-refractivity contribution in [3.8, 4) is 0 Å². The van der Waals surface area contributed by atoms with Gasteiger partial charge in [-0.3, -0.25) is 9.59 Å². The van der Waals surface area contributed by atoms with Gasteiger partial charge in [-0.25, -0.2) is 4.98 Å². The first-order chi connectivity index (χ1) is 10.0. The molecule has 8 heteroatoms. The molecular formula is C13H11Cl2N3O2S. The van der Waals surface area contributed by atoms with E-state index in [4.69, 9.17) is 23.2 Å². The highest BCUT2D eigenvalue weighted by Gasteiger charge is 2.10. The summed E-state index contributed by atoms with van der Waals surface area (Å²) in [5.74, 6) is -0.559. The van der Waals surface area contributed by atoms with Crippen LogP contribution in [0.3, 0.4) is 0 Å². The summed E-state index contributed by atoms with van der Waals surface area (Å²) in [5.41, 5.74) is 0.464. The van der Waals surface area contributed by atoms with Gasteiger partial charge in [0, 0.05) is 29.4 Å². The summed E-state index contributed by atoms with van der Waals surface area (Å²) < 4.78 is 0. The van der Waals surface area contributed by atoms with Gasteiger partial charge in [0.15, 0.2) is 5.13 Å². The quantitative estimate of drug-likeness (QED) is 0.866. The molecule has 0 bridgehead atoms. The molecular weight excluding hydrogens is 333 g/mol. The van der Waals surface area contributed by atoms with E-state index < -0.39 is 0 Å². The van der Waals surface area contributed by atoms with Gasteiger partial charge in [-0.15, -0.1) is 11.3 Å². The molecule has 0 atom stereocenters. The minimum Gasteiger partial charge on any atom is -0.325 e. The van der Waals surface area contributed by atoms with E-state index in [0.29, 0.717) is 20.9 Å². The van der Waals surface area contributed by atoms with Crippen LogP contribution in [0.15, 0.2) is 29.8 Å². The van der Waals surface area contributed by atoms with Crippen LogP contribution >= 0.6 is 34.5 Å². The number of halogens is 2. The molecule has 110 valence electrons. The van der Waals surface area contributed by atoms with E-state index in [1.165, 1.54) is 17.4 Å². The molecule has 2 amide bonds. The van der Waals surface area contributed by atoms with Gasteiger partial charge in [0.2, 0.25) is 11.8 Å². The summed E-state index contributed by atoms with van der Waals surface area (Å²) in [5, 5.41) is 8.34. The van der Waals surface area contributed by atoms with Crippen LogP contribution < -0.4 is 10.6 Å². The number of hydrogen-bond donors (Lipinski definition) is 2. The zero-order valence-electron chi connectivity index (χ0n) is 10.7. The van der Waals surface area contributed by atoms with Gasteiger partial charge in [0.05, 0.1) is 10.7 Å². The summed E-state index contributed by atoms with van der Waals surface area (Å²) in [6, 6.07) is 4.77. The third kappa shape index (κ3) is 5.00. The van der Waals surface area contributed by atoms with Gasteiger partial charge in [-0.2, -0.15) is 0 Å². The molecule has 0 radical (unpaired) electrons. The molecule has 2 rings (SSSR count). The van der Waals surface area contributed by atoms with Crippen LogP contribution in [0.25, 0.3) is 0 Å². The number of benzene rings is 1. The maximum absolute atomic E-state index is 11.8. The minimum atomic E-state index is -0.298. The molecule has 0 unspecified atom stereocenters. The summed E-state index contributed by atoms with van der Waals surface area (Å²) in [6.45, 7) is 0. The van der Waals surface area contributed by atoms with Crippen LogP contribution in [-0.2, 0) is 9.59 Å². The number of nitrogens with zero attached hydrogens (tertiary/aromatic N) is 1. The minimum absolute atomic E-state index is 0.0517. The lowest BCUT2D eigenvalue weighted by Crippen LogP contribution is -2.17. The Balaban J connectivity index is 1.80. The Labute approximate surface area is 135 Å². The van der Waals surface area contributed by atoms with Crippen molar-refractivity contribution >= 4 is 57.2 Å². The zero-order chi connectivity index (χ0) is 15.2. The Kier molecular flexibility index (Phi) is 5.55. The second-order valence-corrected chi connectivity index (χ2v) is 5.80. The number of carbonyl (C=O) groups excluding carboxylic acids is 2. The molecule has 1 heterocycles. The first-order valence-corrected chi connectivity index (χ1v) is 7.62. The van der Waals surface area contributed by atoms with Gasteiger partial charge in [0.25, 0.3) is 0 Å². The monoisotopic (exact) mass is 343 g/mol. The molecule has 1 aromatic heterocycles. The third-order valence-electron chi connectivity index (χ3n) is 2.46. The smallest absolute Gasteiger partial charge is 0.226 e. The van der Waals surface area contributed by atoms with Gasteiger partial charge in [-0.05, 0) is 18.2 Å². The molecule has 21 heavy (non-hydrogen) atoms. The van der Waals surface area contributed by atoms with E-state index in [-0.39, 0.29) is 24.7 Å². The number of aromatic nitrogens is 1. The highest BCUT2D eigenvalue weighted by atomic mass is 35.5. The average molecular weight is 344 g/mol. The molecule has 5 nitrogen and oxygen atoms in total. The van der Waals surface area contributed by atoms with Gasteiger partial charge < -0.3 is 10.6 Å². The van der Waals surface area contributed by atoms with Gasteiger partial charge in [0.1, 0.15) is 0 Å². The first kappa shape index (κ1) is 15.8. The molecule has 0 fully saturated rings. The fourth-order valence-corrected chi connectivity index (χ4v) is 2.50. The molecule has 1 aromatic carbocycles. The number of thiazole rings is 1. The van der Waals surface area contributed by atoms with E-state index in [1.54, 1.807) is 23.7 Å². The summed E-state index contributed by atoms with van der Waals surface area (Å²) in [7, 11) is 0. The SMILES string of the molecule is O=C(CCC(=O)Nc1ccc(Cl)cc1Cl)Nc1nccs1. The summed E-state index contributed by atoms with van der Waals surface area (Å²) in [6.07, 6.45) is 1.71. The standard InChI is InChI=1S/C13H11Cl2N3O2S/c14-8-1-2-10(9(15)7-8)17-11(19)3-4-12(20)18-13-16-5-6-21-13/h1-2,5-7H,3-4H2,(H,17,19)(H,16,18,20). The first-order valence-electron chi connectivity index (χ1n) is 5.99. The normalized spacial score (nSPS) is 10.2. The fraction of sp³-hybridized carbons (Fsp3) is 0.154. The Hall–Kier alpha value is -1.63. The predicted molar refractivity (Wildman–Crippen MR) is 85.1 cm³/mol. The predicted octanol–water partition coefficient (Wildman–Crippen LogP) is 3.81. The number of rotatable bonds is 5. The van der Waals surface area contributed by atoms with Crippen molar-refractivity contribution in [2.45, 2.75) is 12.8 Å². The van der Waals surface area contributed by atoms with Crippen LogP contribution in [0.5, 0.6) is 0 Å². The van der Waals surface area contributed by atoms with Gasteiger partial charge >= 0.3 is 0 Å². The number of anilines is 2. The van der Waals surface area contributed by atoms with Crippen molar-refractivity contribution in [1.82, 2.24) is 4.98 Å². The van der Waals surface area contributed by atoms with Crippen LogP contribution in [0, 0.1) is 0 Å². The molecule has 0 spiro atoms. The zero-order valence-corrected chi connectivity index (χ0v) is 13.1. The average Bonchev–Trinajstić information content (AvgIpc) is 2.92. The highest BCUT2D eigenvalue weighted by Crippen LogP contribution is 2.25. The molecule has 0 saturated carbocycles. The lowest BCUT2D eigenvalue weighted by molar-refractivity contribution is -0.121. The van der Waals surface area contributed by atoms with E-state index >= 15 is 0 Å². The lowest BCUT2D eigenvalue weighted by atomic mass is 10.2. The second-order valence-electron chi connectivity index (χ2n) is 4.06. The maximum atomic E-state index is 11.8. The summed E-state index contributed by atoms with van der Waals surface area (Å²) >= 11 is 13.0. The number of carbonyl (C=O) groups is 2. The molecule has 0 aliphatic carbocycles. The Morgan fingerprint density at radius 3 is 2.48 bits per heavy atom. The number of hydrogen-bond acceptors (Lipinski definition) is 4. The fourth-order valence-electron chi connectivity index (χ4n) is 1.50. The molecule has 0 aliphatic rings. The van der Waals surface area contributed by atoms with Crippen LogP contribution in [0.4, 0.5) is 10.8 Å². The molecule has 0 saturated heterocycles. The highest BCUT2D eigenvalue weighted by molar-refractivity contribution is 7.13. The summed E-state index contributed by atoms with van der Waals surface area (Å²) in [4.78, 5) is 27.3. The Morgan fingerprint density at radius 2 is 1.86 bits per heavy atom. The van der Waals surface area contributed by atoms with Crippen molar-refractivity contribution in [2.24, 2.45) is 0 Å². The van der Waals surface area contributed by atoms with Crippen molar-refractivity contribution in [3.05, 3.63) is 39.8 Å². The van der Waals surface area contributed by atoms with Crippen molar-refractivity contribution in [3.63, 3.8) is 0 Å². The number of nitrogens with one attached hydrogen (secondary N) is 2. The topological polar surface area (TPSA) is 71.1 Å². The Morgan fingerprint density at radius 1 is 1.14 bits per heavy atom. The van der Waals surface area contributed by atoms with Crippen LogP contribution in [0.1, 0.15) is 12.8 Å². The van der Waals surface area contributed by atoms with Crippen molar-refractivity contribution in [2.75, 3.05) is 10.6 Å². The Bertz CT molecular complexity index is 647. The number of amides is 2. The van der Waals surface area contributed by atoms with Crippen LogP contribution in [-0.4, -0.2) is 16.8 Å². The van der Waals surface area contributed by atoms with Crippen LogP contribution in [0.2, 0.25) is 10.0 Å². The molecule has 2 N–H and O–H groups in total. The molecule has 0 aliphatic heterocycles. The third-order valence-corrected chi connectivity index (χ3v) is 3.70. The van der Waals surface area contributed by atoms with Crippen molar-refractivity contribution in [1.29, 1.82) is 0 Å². The molecule has 2 aromatic rings. The van der Waals surface area contributed by atoms with E-state index in [2.05, 4.69) is 15.6 Å². The second kappa shape index (κ2) is 7.40. The largest absolute Gasteiger partial charge is 0.325 e. The van der Waals surface area contributed by atoms with E-state index in [0.717, 1.165) is 0 Å². The van der Waals surface area contributed by atoms with E-state index in [1.807, 2.05) is 0 Å². The van der Waals surface area contributed by atoms with E-state index in [9.17, 15) is 9.59 Å². The van der Waals surface area contributed by atoms with Crippen molar-refractivity contribution < 1.29 is 9.59 Å².